The van der Waals surface area contributed by atoms with Crippen LogP contribution in [-0.2, 0) is 14.3 Å². The van der Waals surface area contributed by atoms with E-state index in [1.807, 2.05) is 5.32 Å². The number of ketones is 1. The van der Waals surface area contributed by atoms with Gasteiger partial charge in [0.25, 0.3) is 0 Å². The third-order valence-electron chi connectivity index (χ3n) is 1.58. The number of aliphatic carboxylic acids is 1. The second-order valence-electron chi connectivity index (χ2n) is 4.24. The van der Waals surface area contributed by atoms with E-state index < -0.39 is 29.5 Å². The number of amides is 1. The molecule has 92 valence electrons. The maximum atomic E-state index is 11.2. The molecule has 0 radical (unpaired) electrons. The number of hydrogen-bond acceptors (Lipinski definition) is 4. The average Bonchev–Trinajstić information content (AvgIpc) is 2.09. The molecule has 0 fully saturated rings. The molecule has 0 saturated heterocycles. The van der Waals surface area contributed by atoms with E-state index >= 15 is 0 Å². The molecule has 0 aromatic carbocycles. The summed E-state index contributed by atoms with van der Waals surface area (Å²) in [6.07, 6.45) is -0.881. The number of carbonyl (C=O) groups excluding carboxylic acids is 2. The summed E-state index contributed by atoms with van der Waals surface area (Å²) in [4.78, 5) is 33.2. The van der Waals surface area contributed by atoms with Crippen LogP contribution in [0.15, 0.2) is 0 Å². The van der Waals surface area contributed by atoms with Crippen molar-refractivity contribution in [3.05, 3.63) is 0 Å². The summed E-state index contributed by atoms with van der Waals surface area (Å²) in [7, 11) is 0. The van der Waals surface area contributed by atoms with Gasteiger partial charge in [0.05, 0.1) is 0 Å². The Morgan fingerprint density at radius 3 is 2.12 bits per heavy atom. The largest absolute Gasteiger partial charge is 0.479 e. The molecule has 1 amide bonds. The zero-order chi connectivity index (χ0) is 12.9. The van der Waals surface area contributed by atoms with Crippen molar-refractivity contribution in [1.82, 2.24) is 5.32 Å². The summed E-state index contributed by atoms with van der Waals surface area (Å²) >= 11 is 0. The minimum absolute atomic E-state index is 0.0345. The van der Waals surface area contributed by atoms with Crippen molar-refractivity contribution in [3.63, 3.8) is 0 Å². The van der Waals surface area contributed by atoms with E-state index in [1.54, 1.807) is 20.8 Å². The maximum absolute atomic E-state index is 11.2. The van der Waals surface area contributed by atoms with Gasteiger partial charge in [-0.3, -0.25) is 4.79 Å². The molecule has 0 bridgehead atoms. The SMILES string of the molecule is CCC(=O)C(NC(=O)OC(C)(C)C)C(=O)O. The van der Waals surface area contributed by atoms with Crippen LogP contribution in [0.2, 0.25) is 0 Å². The van der Waals surface area contributed by atoms with E-state index in [4.69, 9.17) is 9.84 Å². The number of hydrogen-bond donors (Lipinski definition) is 2. The van der Waals surface area contributed by atoms with E-state index in [2.05, 4.69) is 0 Å². The van der Waals surface area contributed by atoms with Crippen molar-refractivity contribution in [2.24, 2.45) is 0 Å². The molecular weight excluding hydrogens is 214 g/mol. The fourth-order valence-corrected chi connectivity index (χ4v) is 0.909. The van der Waals surface area contributed by atoms with Crippen LogP contribution in [0.3, 0.4) is 0 Å². The Bertz CT molecular complexity index is 292. The van der Waals surface area contributed by atoms with E-state index in [1.165, 1.54) is 6.92 Å². The summed E-state index contributed by atoms with van der Waals surface area (Å²) < 4.78 is 4.85. The van der Waals surface area contributed by atoms with Gasteiger partial charge in [0, 0.05) is 6.42 Å². The number of alkyl carbamates (subject to hydrolysis) is 1. The number of ether oxygens (including phenoxy) is 1. The molecule has 6 nitrogen and oxygen atoms in total. The van der Waals surface area contributed by atoms with E-state index in [0.717, 1.165) is 0 Å². The molecule has 0 spiro atoms. The Morgan fingerprint density at radius 1 is 1.31 bits per heavy atom. The van der Waals surface area contributed by atoms with Crippen molar-refractivity contribution < 1.29 is 24.2 Å². The summed E-state index contributed by atoms with van der Waals surface area (Å²) in [6.45, 7) is 6.45. The first kappa shape index (κ1) is 14.4. The number of carbonyl (C=O) groups is 3. The molecule has 0 aromatic heterocycles. The molecule has 0 saturated carbocycles. The van der Waals surface area contributed by atoms with Crippen molar-refractivity contribution >= 4 is 17.8 Å². The molecule has 16 heavy (non-hydrogen) atoms. The molecule has 0 rings (SSSR count). The van der Waals surface area contributed by atoms with Crippen molar-refractivity contribution in [3.8, 4) is 0 Å². The van der Waals surface area contributed by atoms with Gasteiger partial charge >= 0.3 is 12.1 Å². The quantitative estimate of drug-likeness (QED) is 0.702. The van der Waals surface area contributed by atoms with Gasteiger partial charge in [-0.05, 0) is 20.8 Å². The predicted molar refractivity (Wildman–Crippen MR) is 56.1 cm³/mol. The first-order valence-corrected chi connectivity index (χ1v) is 4.92. The second-order valence-corrected chi connectivity index (χ2v) is 4.24. The van der Waals surface area contributed by atoms with Gasteiger partial charge in [-0.15, -0.1) is 0 Å². The number of rotatable bonds is 4. The fraction of sp³-hybridized carbons (Fsp3) is 0.700. The van der Waals surface area contributed by atoms with E-state index in [9.17, 15) is 14.4 Å². The summed E-state index contributed by atoms with van der Waals surface area (Å²) in [5.41, 5.74) is -0.734. The Kier molecular flexibility index (Phi) is 4.94. The highest BCUT2D eigenvalue weighted by Crippen LogP contribution is 2.07. The molecule has 6 heteroatoms. The van der Waals surface area contributed by atoms with Crippen LogP contribution in [0.5, 0.6) is 0 Å². The molecule has 0 aliphatic heterocycles. The van der Waals surface area contributed by atoms with E-state index in [-0.39, 0.29) is 6.42 Å². The molecule has 0 aliphatic carbocycles. The zero-order valence-corrected chi connectivity index (χ0v) is 9.86. The van der Waals surface area contributed by atoms with Gasteiger partial charge in [-0.2, -0.15) is 0 Å². The molecule has 0 heterocycles. The van der Waals surface area contributed by atoms with Gasteiger partial charge in [0.2, 0.25) is 0 Å². The van der Waals surface area contributed by atoms with Gasteiger partial charge in [-0.25, -0.2) is 9.59 Å². The summed E-state index contributed by atoms with van der Waals surface area (Å²) in [5.74, 6) is -1.96. The minimum Gasteiger partial charge on any atom is -0.479 e. The Hall–Kier alpha value is -1.59. The molecule has 0 aliphatic rings. The van der Waals surface area contributed by atoms with Crippen molar-refractivity contribution in [2.45, 2.75) is 45.8 Å². The van der Waals surface area contributed by atoms with Crippen LogP contribution in [0, 0.1) is 0 Å². The monoisotopic (exact) mass is 231 g/mol. The lowest BCUT2D eigenvalue weighted by molar-refractivity contribution is -0.143. The van der Waals surface area contributed by atoms with Crippen LogP contribution in [0.1, 0.15) is 34.1 Å². The maximum Gasteiger partial charge on any atom is 0.408 e. The Morgan fingerprint density at radius 2 is 1.81 bits per heavy atom. The molecule has 1 unspecified atom stereocenters. The number of carboxylic acid groups (broad SMARTS) is 1. The number of nitrogens with one attached hydrogen (secondary N) is 1. The van der Waals surface area contributed by atoms with Crippen molar-refractivity contribution in [2.75, 3.05) is 0 Å². The van der Waals surface area contributed by atoms with Crippen LogP contribution in [0.25, 0.3) is 0 Å². The van der Waals surface area contributed by atoms with Crippen LogP contribution in [-0.4, -0.2) is 34.6 Å². The van der Waals surface area contributed by atoms with Crippen LogP contribution in [0.4, 0.5) is 4.79 Å². The summed E-state index contributed by atoms with van der Waals surface area (Å²) in [6, 6.07) is -1.54. The Labute approximate surface area is 94.0 Å². The summed E-state index contributed by atoms with van der Waals surface area (Å²) in [5, 5.41) is 10.7. The highest BCUT2D eigenvalue weighted by atomic mass is 16.6. The van der Waals surface area contributed by atoms with E-state index in [0.29, 0.717) is 0 Å². The van der Waals surface area contributed by atoms with Crippen LogP contribution >= 0.6 is 0 Å². The first-order valence-electron chi connectivity index (χ1n) is 4.92. The normalized spacial score (nSPS) is 12.8. The molecule has 0 aromatic rings. The Balaban J connectivity index is 4.48. The van der Waals surface area contributed by atoms with Gasteiger partial charge in [0.15, 0.2) is 11.8 Å². The van der Waals surface area contributed by atoms with Crippen LogP contribution < -0.4 is 5.32 Å². The highest BCUT2D eigenvalue weighted by molar-refractivity contribution is 6.04. The average molecular weight is 231 g/mol. The lowest BCUT2D eigenvalue weighted by atomic mass is 10.1. The van der Waals surface area contributed by atoms with Gasteiger partial charge in [-0.1, -0.05) is 6.92 Å². The number of carboxylic acids is 1. The minimum atomic E-state index is -1.54. The third kappa shape index (κ3) is 5.33. The van der Waals surface area contributed by atoms with Gasteiger partial charge < -0.3 is 15.2 Å². The second kappa shape index (κ2) is 5.48. The third-order valence-corrected chi connectivity index (χ3v) is 1.58. The topological polar surface area (TPSA) is 92.7 Å². The number of Topliss-reactive ketones (excluding diaryl/α,β-unsaturated/α-hetero) is 1. The lowest BCUT2D eigenvalue weighted by Gasteiger charge is -2.21. The van der Waals surface area contributed by atoms with Gasteiger partial charge in [0.1, 0.15) is 5.60 Å². The highest BCUT2D eigenvalue weighted by Gasteiger charge is 2.28. The standard InChI is InChI=1S/C10H17NO5/c1-5-6(12)7(8(13)14)11-9(15)16-10(2,3)4/h7H,5H2,1-4H3,(H,11,15)(H,13,14). The molecule has 1 atom stereocenters. The fourth-order valence-electron chi connectivity index (χ4n) is 0.909. The van der Waals surface area contributed by atoms with Crippen molar-refractivity contribution in [1.29, 1.82) is 0 Å². The zero-order valence-electron chi connectivity index (χ0n) is 9.86. The molecular formula is C10H17NO5. The lowest BCUT2D eigenvalue weighted by Crippen LogP contribution is -2.47. The molecule has 2 N–H and O–H groups in total. The predicted octanol–water partition coefficient (Wildman–Crippen LogP) is 0.943. The first-order chi connectivity index (χ1) is 7.17. The smallest absolute Gasteiger partial charge is 0.408 e.